The Bertz CT molecular complexity index is 1040. The molecule has 30 heavy (non-hydrogen) atoms. The monoisotopic (exact) mass is 427 g/mol. The van der Waals surface area contributed by atoms with E-state index in [4.69, 9.17) is 0 Å². The van der Waals surface area contributed by atoms with E-state index in [-0.39, 0.29) is 23.8 Å². The molecule has 0 saturated heterocycles. The number of halogens is 1. The molecule has 0 aliphatic heterocycles. The molecular formula is C21H22FN5O2S. The van der Waals surface area contributed by atoms with Crippen molar-refractivity contribution in [3.8, 4) is 0 Å². The first-order valence-corrected chi connectivity index (χ1v) is 10.3. The molecule has 0 aliphatic carbocycles. The minimum absolute atomic E-state index is 0.00583. The zero-order valence-electron chi connectivity index (χ0n) is 16.7. The second-order valence-electron chi connectivity index (χ2n) is 6.65. The van der Waals surface area contributed by atoms with Gasteiger partial charge in [0.15, 0.2) is 5.16 Å². The SMILES string of the molecule is Cc1ccc(NC(=O)CSc2nnc(CCNC(=O)c3ccccc3F)n2C)cc1. The van der Waals surface area contributed by atoms with Crippen LogP contribution in [-0.4, -0.2) is 38.9 Å². The first-order chi connectivity index (χ1) is 14.4. The Labute approximate surface area is 178 Å². The number of carbonyl (C=O) groups is 2. The summed E-state index contributed by atoms with van der Waals surface area (Å²) in [6, 6.07) is 13.4. The number of benzene rings is 2. The lowest BCUT2D eigenvalue weighted by Crippen LogP contribution is -2.27. The maximum atomic E-state index is 13.6. The molecule has 1 aromatic heterocycles. The number of anilines is 1. The van der Waals surface area contributed by atoms with Crippen LogP contribution in [-0.2, 0) is 18.3 Å². The van der Waals surface area contributed by atoms with Crippen LogP contribution in [0.15, 0.2) is 53.7 Å². The summed E-state index contributed by atoms with van der Waals surface area (Å²) >= 11 is 1.28. The number of nitrogens with one attached hydrogen (secondary N) is 2. The molecule has 2 aromatic carbocycles. The summed E-state index contributed by atoms with van der Waals surface area (Å²) in [7, 11) is 1.80. The van der Waals surface area contributed by atoms with Crippen LogP contribution < -0.4 is 10.6 Å². The highest BCUT2D eigenvalue weighted by Gasteiger charge is 2.13. The summed E-state index contributed by atoms with van der Waals surface area (Å²) < 4.78 is 15.4. The van der Waals surface area contributed by atoms with E-state index >= 15 is 0 Å². The zero-order valence-corrected chi connectivity index (χ0v) is 17.5. The second kappa shape index (κ2) is 10.0. The molecular weight excluding hydrogens is 405 g/mol. The van der Waals surface area contributed by atoms with Gasteiger partial charge in [0.1, 0.15) is 11.6 Å². The second-order valence-corrected chi connectivity index (χ2v) is 7.59. The van der Waals surface area contributed by atoms with E-state index in [2.05, 4.69) is 20.8 Å². The van der Waals surface area contributed by atoms with Crippen molar-refractivity contribution < 1.29 is 14.0 Å². The lowest BCUT2D eigenvalue weighted by atomic mass is 10.2. The molecule has 0 atom stereocenters. The van der Waals surface area contributed by atoms with Gasteiger partial charge < -0.3 is 15.2 Å². The van der Waals surface area contributed by atoms with Gasteiger partial charge >= 0.3 is 0 Å². The lowest BCUT2D eigenvalue weighted by Gasteiger charge is -2.07. The predicted octanol–water partition coefficient (Wildman–Crippen LogP) is 2.97. The van der Waals surface area contributed by atoms with Crippen molar-refractivity contribution in [2.45, 2.75) is 18.5 Å². The van der Waals surface area contributed by atoms with Crippen LogP contribution in [0.4, 0.5) is 10.1 Å². The fourth-order valence-electron chi connectivity index (χ4n) is 2.68. The maximum absolute atomic E-state index is 13.6. The molecule has 0 unspecified atom stereocenters. The third kappa shape index (κ3) is 5.66. The summed E-state index contributed by atoms with van der Waals surface area (Å²) in [5.74, 6) is -0.311. The third-order valence-corrected chi connectivity index (χ3v) is 5.37. The Morgan fingerprint density at radius 3 is 2.57 bits per heavy atom. The molecule has 0 aliphatic rings. The normalized spacial score (nSPS) is 10.6. The maximum Gasteiger partial charge on any atom is 0.254 e. The average Bonchev–Trinajstić information content (AvgIpc) is 3.08. The van der Waals surface area contributed by atoms with Gasteiger partial charge in [0.2, 0.25) is 5.91 Å². The Balaban J connectivity index is 1.47. The molecule has 0 radical (unpaired) electrons. The van der Waals surface area contributed by atoms with Crippen LogP contribution >= 0.6 is 11.8 Å². The standard InChI is InChI=1S/C21H22FN5O2S/c1-14-7-9-15(10-8-14)24-19(28)13-30-21-26-25-18(27(21)2)11-12-23-20(29)16-5-3-4-6-17(16)22/h3-10H,11-13H2,1-2H3,(H,23,29)(H,24,28). The van der Waals surface area contributed by atoms with E-state index < -0.39 is 11.7 Å². The Morgan fingerprint density at radius 1 is 1.10 bits per heavy atom. The zero-order chi connectivity index (χ0) is 21.5. The summed E-state index contributed by atoms with van der Waals surface area (Å²) in [6.07, 6.45) is 0.430. The minimum Gasteiger partial charge on any atom is -0.351 e. The number of thioether (sulfide) groups is 1. The first kappa shape index (κ1) is 21.5. The fourth-order valence-corrected chi connectivity index (χ4v) is 3.41. The number of hydrogen-bond acceptors (Lipinski definition) is 5. The van der Waals surface area contributed by atoms with Gasteiger partial charge in [0.25, 0.3) is 5.91 Å². The number of rotatable bonds is 8. The van der Waals surface area contributed by atoms with E-state index in [0.717, 1.165) is 11.3 Å². The quantitative estimate of drug-likeness (QED) is 0.540. The Kier molecular flexibility index (Phi) is 7.18. The van der Waals surface area contributed by atoms with Gasteiger partial charge in [-0.25, -0.2) is 4.39 Å². The molecule has 3 aromatic rings. The third-order valence-electron chi connectivity index (χ3n) is 4.35. The van der Waals surface area contributed by atoms with Crippen LogP contribution in [0.5, 0.6) is 0 Å². The highest BCUT2D eigenvalue weighted by molar-refractivity contribution is 7.99. The number of aryl methyl sites for hydroxylation is 1. The van der Waals surface area contributed by atoms with Crippen LogP contribution in [0.3, 0.4) is 0 Å². The number of aromatic nitrogens is 3. The van der Waals surface area contributed by atoms with Crippen molar-refractivity contribution >= 4 is 29.3 Å². The lowest BCUT2D eigenvalue weighted by molar-refractivity contribution is -0.113. The van der Waals surface area contributed by atoms with Crippen molar-refractivity contribution in [1.29, 1.82) is 0 Å². The Hall–Kier alpha value is -3.20. The van der Waals surface area contributed by atoms with Crippen LogP contribution in [0.2, 0.25) is 0 Å². The molecule has 1 heterocycles. The van der Waals surface area contributed by atoms with Gasteiger partial charge in [0, 0.05) is 25.7 Å². The summed E-state index contributed by atoms with van der Waals surface area (Å²) in [6.45, 7) is 2.27. The molecule has 0 saturated carbocycles. The Morgan fingerprint density at radius 2 is 1.83 bits per heavy atom. The average molecular weight is 428 g/mol. The molecule has 156 valence electrons. The topological polar surface area (TPSA) is 88.9 Å². The van der Waals surface area contributed by atoms with Gasteiger partial charge in [-0.15, -0.1) is 10.2 Å². The highest BCUT2D eigenvalue weighted by atomic mass is 32.2. The van der Waals surface area contributed by atoms with Crippen LogP contribution in [0.25, 0.3) is 0 Å². The highest BCUT2D eigenvalue weighted by Crippen LogP contribution is 2.17. The van der Waals surface area contributed by atoms with Crippen molar-refractivity contribution in [3.63, 3.8) is 0 Å². The molecule has 7 nitrogen and oxygen atoms in total. The molecule has 0 fully saturated rings. The van der Waals surface area contributed by atoms with Crippen molar-refractivity contribution in [3.05, 3.63) is 71.3 Å². The fraction of sp³-hybridized carbons (Fsp3) is 0.238. The van der Waals surface area contributed by atoms with Crippen LogP contribution in [0.1, 0.15) is 21.7 Å². The van der Waals surface area contributed by atoms with Crippen LogP contribution in [0, 0.1) is 12.7 Å². The van der Waals surface area contributed by atoms with E-state index in [1.165, 1.54) is 30.0 Å². The molecule has 3 rings (SSSR count). The van der Waals surface area contributed by atoms with Gasteiger partial charge in [0.05, 0.1) is 11.3 Å². The number of hydrogen-bond donors (Lipinski definition) is 2. The van der Waals surface area contributed by atoms with Gasteiger partial charge in [-0.1, -0.05) is 41.6 Å². The van der Waals surface area contributed by atoms with Crippen molar-refractivity contribution in [1.82, 2.24) is 20.1 Å². The number of carbonyl (C=O) groups excluding carboxylic acids is 2. The smallest absolute Gasteiger partial charge is 0.254 e. The van der Waals surface area contributed by atoms with Gasteiger partial charge in [-0.05, 0) is 31.2 Å². The largest absolute Gasteiger partial charge is 0.351 e. The molecule has 0 bridgehead atoms. The number of nitrogens with zero attached hydrogens (tertiary/aromatic N) is 3. The van der Waals surface area contributed by atoms with Crippen molar-refractivity contribution in [2.24, 2.45) is 7.05 Å². The predicted molar refractivity (Wildman–Crippen MR) is 114 cm³/mol. The van der Waals surface area contributed by atoms with E-state index in [0.29, 0.717) is 17.4 Å². The van der Waals surface area contributed by atoms with E-state index in [1.54, 1.807) is 17.7 Å². The minimum atomic E-state index is -0.559. The van der Waals surface area contributed by atoms with Gasteiger partial charge in [-0.2, -0.15) is 0 Å². The van der Waals surface area contributed by atoms with E-state index in [9.17, 15) is 14.0 Å². The summed E-state index contributed by atoms with van der Waals surface area (Å²) in [5.41, 5.74) is 1.88. The molecule has 9 heteroatoms. The summed E-state index contributed by atoms with van der Waals surface area (Å²) in [4.78, 5) is 24.2. The summed E-state index contributed by atoms with van der Waals surface area (Å²) in [5, 5.41) is 14.3. The molecule has 2 N–H and O–H groups in total. The molecule has 0 spiro atoms. The van der Waals surface area contributed by atoms with E-state index in [1.807, 2.05) is 31.2 Å². The first-order valence-electron chi connectivity index (χ1n) is 9.34. The number of amides is 2. The van der Waals surface area contributed by atoms with Gasteiger partial charge in [-0.3, -0.25) is 9.59 Å². The van der Waals surface area contributed by atoms with Crippen molar-refractivity contribution in [2.75, 3.05) is 17.6 Å². The molecule has 2 amide bonds.